The third kappa shape index (κ3) is 4.26. The Hall–Kier alpha value is -2.90. The summed E-state index contributed by atoms with van der Waals surface area (Å²) in [6, 6.07) is 16.4. The van der Waals surface area contributed by atoms with Crippen LogP contribution in [0.15, 0.2) is 64.7 Å². The first-order valence-corrected chi connectivity index (χ1v) is 9.07. The zero-order valence-corrected chi connectivity index (χ0v) is 17.2. The molecule has 2 aliphatic rings. The van der Waals surface area contributed by atoms with Crippen LogP contribution in [0, 0.1) is 0 Å². The Morgan fingerprint density at radius 2 is 1.41 bits per heavy atom. The number of benzene rings is 2. The maximum absolute atomic E-state index is 4.48. The van der Waals surface area contributed by atoms with Gasteiger partial charge in [-0.1, -0.05) is 23.4 Å². The summed E-state index contributed by atoms with van der Waals surface area (Å²) in [5.74, 6) is 1.91. The lowest BCUT2D eigenvalue weighted by atomic mass is 10.1. The molecule has 2 aromatic carbocycles. The summed E-state index contributed by atoms with van der Waals surface area (Å²) in [4.78, 5) is 8.93. The molecule has 0 amide bonds. The van der Waals surface area contributed by atoms with Gasteiger partial charge in [0.05, 0.1) is 25.0 Å². The van der Waals surface area contributed by atoms with Gasteiger partial charge >= 0.3 is 0 Å². The monoisotopic (exact) mass is 429 g/mol. The first kappa shape index (κ1) is 20.8. The Morgan fingerprint density at radius 1 is 0.759 bits per heavy atom. The van der Waals surface area contributed by atoms with Gasteiger partial charge in [0.2, 0.25) is 0 Å². The summed E-state index contributed by atoms with van der Waals surface area (Å²) in [6.45, 7) is 3.47. The fraction of sp³-hybridized carbons (Fsp3) is 0.200. The molecule has 7 nitrogen and oxygen atoms in total. The number of rotatable bonds is 4. The van der Waals surface area contributed by atoms with Crippen LogP contribution in [-0.4, -0.2) is 52.8 Å². The van der Waals surface area contributed by atoms with Gasteiger partial charge in [-0.05, 0) is 30.3 Å². The van der Waals surface area contributed by atoms with E-state index in [1.165, 1.54) is 0 Å². The van der Waals surface area contributed by atoms with Gasteiger partial charge in [0.15, 0.2) is 0 Å². The minimum Gasteiger partial charge on any atom is -0.368 e. The van der Waals surface area contributed by atoms with Crippen molar-refractivity contribution in [3.8, 4) is 16.9 Å². The van der Waals surface area contributed by atoms with Crippen molar-refractivity contribution < 1.29 is 0 Å². The van der Waals surface area contributed by atoms with Crippen LogP contribution in [0.5, 0.6) is 0 Å². The highest BCUT2D eigenvalue weighted by atomic mass is 35.5. The predicted octanol–water partition coefficient (Wildman–Crippen LogP) is 2.48. The first-order valence-electron chi connectivity index (χ1n) is 9.07. The highest BCUT2D eigenvalue weighted by Gasteiger charge is 2.12. The summed E-state index contributed by atoms with van der Waals surface area (Å²) < 4.78 is 1.79. The van der Waals surface area contributed by atoms with Crippen molar-refractivity contribution in [2.75, 3.05) is 26.2 Å². The Kier molecular flexibility index (Phi) is 6.51. The van der Waals surface area contributed by atoms with Gasteiger partial charge in [-0.25, -0.2) is 4.68 Å². The maximum Gasteiger partial charge on any atom is 0.128 e. The molecule has 5 rings (SSSR count). The Labute approximate surface area is 181 Å². The fourth-order valence-corrected chi connectivity index (χ4v) is 3.30. The molecule has 0 spiro atoms. The molecule has 2 aliphatic heterocycles. The van der Waals surface area contributed by atoms with Gasteiger partial charge in [-0.2, -0.15) is 0 Å². The lowest BCUT2D eigenvalue weighted by molar-refractivity contribution is 0.804. The van der Waals surface area contributed by atoms with E-state index in [0.29, 0.717) is 0 Å². The zero-order chi connectivity index (χ0) is 18.1. The van der Waals surface area contributed by atoms with E-state index in [1.54, 1.807) is 4.68 Å². The van der Waals surface area contributed by atoms with Gasteiger partial charge in [0.1, 0.15) is 17.4 Å². The number of aromatic nitrogens is 3. The summed E-state index contributed by atoms with van der Waals surface area (Å²) in [6.07, 6.45) is 1.95. The molecule has 9 heteroatoms. The van der Waals surface area contributed by atoms with Gasteiger partial charge in [0.25, 0.3) is 0 Å². The van der Waals surface area contributed by atoms with Crippen LogP contribution < -0.4 is 10.6 Å². The predicted molar refractivity (Wildman–Crippen MR) is 120 cm³/mol. The van der Waals surface area contributed by atoms with Crippen molar-refractivity contribution in [1.29, 1.82) is 0 Å². The van der Waals surface area contributed by atoms with Crippen LogP contribution in [0.3, 0.4) is 0 Å². The highest BCUT2D eigenvalue weighted by Crippen LogP contribution is 2.20. The molecule has 1 aromatic heterocycles. The van der Waals surface area contributed by atoms with E-state index in [1.807, 2.05) is 30.5 Å². The van der Waals surface area contributed by atoms with Crippen molar-refractivity contribution >= 4 is 36.5 Å². The van der Waals surface area contributed by atoms with Crippen molar-refractivity contribution in [3.05, 3.63) is 65.9 Å². The molecule has 2 N–H and O–H groups in total. The third-order valence-corrected chi connectivity index (χ3v) is 4.68. The van der Waals surface area contributed by atoms with E-state index in [4.69, 9.17) is 0 Å². The minimum absolute atomic E-state index is 0. The molecule has 0 unspecified atom stereocenters. The Morgan fingerprint density at radius 3 is 2.07 bits per heavy atom. The van der Waals surface area contributed by atoms with Crippen LogP contribution >= 0.6 is 24.8 Å². The molecule has 0 radical (unpaired) electrons. The molecule has 0 atom stereocenters. The summed E-state index contributed by atoms with van der Waals surface area (Å²) in [5.41, 5.74) is 4.99. The van der Waals surface area contributed by atoms with E-state index in [2.05, 4.69) is 55.2 Å². The lowest BCUT2D eigenvalue weighted by Gasteiger charge is -2.05. The molecule has 150 valence electrons. The van der Waals surface area contributed by atoms with Gasteiger partial charge in [0, 0.05) is 29.8 Å². The maximum atomic E-state index is 4.48. The van der Waals surface area contributed by atoms with E-state index in [0.717, 1.165) is 65.9 Å². The summed E-state index contributed by atoms with van der Waals surface area (Å²) in [7, 11) is 0. The van der Waals surface area contributed by atoms with Crippen molar-refractivity contribution in [2.45, 2.75) is 0 Å². The average molecular weight is 430 g/mol. The molecular weight excluding hydrogens is 409 g/mol. The Bertz CT molecular complexity index is 1040. The number of hydrogen-bond acceptors (Lipinski definition) is 6. The second-order valence-electron chi connectivity index (χ2n) is 6.49. The first-order chi connectivity index (χ1) is 13.4. The normalized spacial score (nSPS) is 14.8. The number of hydrogen-bond donors (Lipinski definition) is 2. The number of halogens is 2. The smallest absolute Gasteiger partial charge is 0.128 e. The Balaban J connectivity index is 0.00000120. The van der Waals surface area contributed by atoms with E-state index in [-0.39, 0.29) is 24.8 Å². The zero-order valence-electron chi connectivity index (χ0n) is 15.6. The van der Waals surface area contributed by atoms with Crippen molar-refractivity contribution in [1.82, 2.24) is 25.6 Å². The van der Waals surface area contributed by atoms with Crippen LogP contribution in [0.25, 0.3) is 16.9 Å². The molecule has 29 heavy (non-hydrogen) atoms. The summed E-state index contributed by atoms with van der Waals surface area (Å²) >= 11 is 0. The van der Waals surface area contributed by atoms with Crippen molar-refractivity contribution in [2.24, 2.45) is 9.98 Å². The molecule has 0 bridgehead atoms. The molecule has 3 heterocycles. The number of amidine groups is 2. The third-order valence-electron chi connectivity index (χ3n) is 4.68. The largest absolute Gasteiger partial charge is 0.368 e. The molecule has 0 saturated carbocycles. The minimum atomic E-state index is 0. The van der Waals surface area contributed by atoms with E-state index < -0.39 is 0 Å². The second kappa shape index (κ2) is 9.07. The van der Waals surface area contributed by atoms with Crippen LogP contribution in [0.4, 0.5) is 0 Å². The van der Waals surface area contributed by atoms with Crippen LogP contribution in [0.2, 0.25) is 0 Å². The van der Waals surface area contributed by atoms with Crippen LogP contribution in [-0.2, 0) is 0 Å². The molecular formula is C20H21Cl2N7. The SMILES string of the molecule is Cl.Cl.c1cc(C2=NCCN2)cc(-c2cn(-c3ccc(C4=NCCN4)cc3)nn2)c1. The average Bonchev–Trinajstić information content (AvgIpc) is 3.51. The van der Waals surface area contributed by atoms with Gasteiger partial charge < -0.3 is 10.6 Å². The van der Waals surface area contributed by atoms with E-state index >= 15 is 0 Å². The summed E-state index contributed by atoms with van der Waals surface area (Å²) in [5, 5.41) is 15.2. The van der Waals surface area contributed by atoms with Crippen molar-refractivity contribution in [3.63, 3.8) is 0 Å². The highest BCUT2D eigenvalue weighted by molar-refractivity contribution is 6.00. The standard InChI is InChI=1S/C20H19N7.2ClH/c1-2-15(12-16(3-1)20-23-10-11-24-20)18-13-27(26-25-18)17-6-4-14(5-7-17)19-21-8-9-22-19;;/h1-7,12-13H,8-11H2,(H,21,22)(H,23,24);2*1H. The number of aliphatic imine (C=N–C) groups is 2. The van der Waals surface area contributed by atoms with Gasteiger partial charge in [-0.15, -0.1) is 29.9 Å². The molecule has 0 fully saturated rings. The molecule has 0 saturated heterocycles. The molecule has 3 aromatic rings. The lowest BCUT2D eigenvalue weighted by Crippen LogP contribution is -2.19. The van der Waals surface area contributed by atoms with Crippen LogP contribution in [0.1, 0.15) is 11.1 Å². The van der Waals surface area contributed by atoms with E-state index in [9.17, 15) is 0 Å². The quantitative estimate of drug-likeness (QED) is 0.667. The number of nitrogens with zero attached hydrogens (tertiary/aromatic N) is 5. The second-order valence-corrected chi connectivity index (χ2v) is 6.49. The van der Waals surface area contributed by atoms with Gasteiger partial charge in [-0.3, -0.25) is 9.98 Å². The number of nitrogens with one attached hydrogen (secondary N) is 2. The topological polar surface area (TPSA) is 79.5 Å². The molecule has 0 aliphatic carbocycles. The fourth-order valence-electron chi connectivity index (χ4n) is 3.30.